The monoisotopic (exact) mass is 360 g/mol. The molecule has 1 fully saturated rings. The Morgan fingerprint density at radius 2 is 1.73 bits per heavy atom. The number of amides is 2. The first-order valence-corrected chi connectivity index (χ1v) is 9.52. The van der Waals surface area contributed by atoms with Crippen molar-refractivity contribution in [1.29, 1.82) is 0 Å². The van der Waals surface area contributed by atoms with Crippen LogP contribution >= 0.6 is 0 Å². The van der Waals surface area contributed by atoms with Crippen LogP contribution in [0.4, 0.5) is 11.4 Å². The van der Waals surface area contributed by atoms with Crippen molar-refractivity contribution < 1.29 is 9.59 Å². The molecule has 0 radical (unpaired) electrons. The summed E-state index contributed by atoms with van der Waals surface area (Å²) < 4.78 is 0. The number of nitrogens with one attached hydrogen (secondary N) is 1. The summed E-state index contributed by atoms with van der Waals surface area (Å²) in [6.07, 6.45) is 4.66. The van der Waals surface area contributed by atoms with Crippen molar-refractivity contribution in [1.82, 2.24) is 10.2 Å². The molecule has 6 nitrogen and oxygen atoms in total. The van der Waals surface area contributed by atoms with Crippen LogP contribution < -0.4 is 15.1 Å². The molecule has 1 aliphatic heterocycles. The molecule has 1 aromatic rings. The number of carbonyl (C=O) groups excluding carboxylic acids is 2. The lowest BCUT2D eigenvalue weighted by Crippen LogP contribution is -2.40. The lowest BCUT2D eigenvalue weighted by molar-refractivity contribution is -0.123. The molecule has 144 valence electrons. The van der Waals surface area contributed by atoms with Gasteiger partial charge in [0.2, 0.25) is 11.8 Å². The fourth-order valence-electron chi connectivity index (χ4n) is 3.20. The molecule has 1 aromatic carbocycles. The molecule has 1 aliphatic rings. The second-order valence-corrected chi connectivity index (χ2v) is 7.18. The van der Waals surface area contributed by atoms with Crippen LogP contribution in [0, 0.1) is 0 Å². The summed E-state index contributed by atoms with van der Waals surface area (Å²) in [4.78, 5) is 30.2. The van der Waals surface area contributed by atoms with Crippen LogP contribution in [0.2, 0.25) is 0 Å². The molecule has 1 N–H and O–H groups in total. The van der Waals surface area contributed by atoms with Gasteiger partial charge in [-0.15, -0.1) is 0 Å². The summed E-state index contributed by atoms with van der Waals surface area (Å²) in [5.74, 6) is -0.252. The highest BCUT2D eigenvalue weighted by atomic mass is 16.2. The summed E-state index contributed by atoms with van der Waals surface area (Å²) in [7, 11) is 4.01. The van der Waals surface area contributed by atoms with Crippen molar-refractivity contribution in [3.05, 3.63) is 24.3 Å². The summed E-state index contributed by atoms with van der Waals surface area (Å²) >= 11 is 0. The molecule has 0 spiro atoms. The number of hydrogen-bond donors (Lipinski definition) is 1. The lowest BCUT2D eigenvalue weighted by atomic mass is 10.1. The SMILES string of the molecule is CC(=O)N(CC(=O)NCCCN(C)C)c1ccc(N2CCCCC2)cc1. The van der Waals surface area contributed by atoms with Crippen LogP contribution in [-0.2, 0) is 9.59 Å². The molecule has 0 aliphatic carbocycles. The van der Waals surface area contributed by atoms with E-state index in [2.05, 4.69) is 15.1 Å². The number of piperidine rings is 1. The van der Waals surface area contributed by atoms with Gasteiger partial charge in [-0.1, -0.05) is 0 Å². The standard InChI is InChI=1S/C20H32N4O2/c1-17(25)24(16-20(26)21-12-7-13-22(2)3)19-10-8-18(9-11-19)23-14-5-4-6-15-23/h8-11H,4-7,12-16H2,1-3H3,(H,21,26). The summed E-state index contributed by atoms with van der Waals surface area (Å²) in [5.41, 5.74) is 1.95. The zero-order valence-electron chi connectivity index (χ0n) is 16.3. The molecule has 1 heterocycles. The highest BCUT2D eigenvalue weighted by molar-refractivity contribution is 5.97. The Morgan fingerprint density at radius 3 is 2.31 bits per heavy atom. The molecule has 0 bridgehead atoms. The zero-order valence-corrected chi connectivity index (χ0v) is 16.3. The predicted octanol–water partition coefficient (Wildman–Crippen LogP) is 2.10. The maximum Gasteiger partial charge on any atom is 0.240 e. The average molecular weight is 361 g/mol. The molecular formula is C20H32N4O2. The normalized spacial score (nSPS) is 14.4. The van der Waals surface area contributed by atoms with Gasteiger partial charge in [0.25, 0.3) is 0 Å². The fourth-order valence-corrected chi connectivity index (χ4v) is 3.20. The van der Waals surface area contributed by atoms with Gasteiger partial charge in [-0.25, -0.2) is 0 Å². The maximum absolute atomic E-state index is 12.2. The highest BCUT2D eigenvalue weighted by Gasteiger charge is 2.17. The van der Waals surface area contributed by atoms with E-state index in [0.717, 1.165) is 31.7 Å². The Morgan fingerprint density at radius 1 is 1.08 bits per heavy atom. The Hall–Kier alpha value is -2.08. The molecule has 2 amide bonds. The molecule has 2 rings (SSSR count). The molecule has 0 atom stereocenters. The summed E-state index contributed by atoms with van der Waals surface area (Å²) in [5, 5.41) is 2.89. The molecule has 0 aromatic heterocycles. The highest BCUT2D eigenvalue weighted by Crippen LogP contribution is 2.23. The van der Waals surface area contributed by atoms with E-state index in [9.17, 15) is 9.59 Å². The van der Waals surface area contributed by atoms with Gasteiger partial charge in [0.1, 0.15) is 6.54 Å². The van der Waals surface area contributed by atoms with E-state index in [1.807, 2.05) is 38.4 Å². The number of benzene rings is 1. The van der Waals surface area contributed by atoms with Crippen molar-refractivity contribution in [2.75, 3.05) is 56.6 Å². The van der Waals surface area contributed by atoms with Gasteiger partial charge >= 0.3 is 0 Å². The molecule has 26 heavy (non-hydrogen) atoms. The van der Waals surface area contributed by atoms with Gasteiger partial charge in [-0.05, 0) is 70.6 Å². The third kappa shape index (κ3) is 6.33. The molecule has 1 saturated heterocycles. The van der Waals surface area contributed by atoms with Gasteiger partial charge in [0.05, 0.1) is 0 Å². The minimum absolute atomic E-state index is 0.0559. The number of rotatable bonds is 8. The van der Waals surface area contributed by atoms with Crippen LogP contribution in [0.1, 0.15) is 32.6 Å². The van der Waals surface area contributed by atoms with E-state index in [4.69, 9.17) is 0 Å². The van der Waals surface area contributed by atoms with Gasteiger partial charge < -0.3 is 20.0 Å². The van der Waals surface area contributed by atoms with E-state index in [0.29, 0.717) is 6.54 Å². The van der Waals surface area contributed by atoms with Crippen molar-refractivity contribution in [2.24, 2.45) is 0 Å². The third-order valence-corrected chi connectivity index (χ3v) is 4.67. The van der Waals surface area contributed by atoms with Crippen molar-refractivity contribution in [2.45, 2.75) is 32.6 Å². The second kappa shape index (κ2) is 10.2. The van der Waals surface area contributed by atoms with Crippen LogP contribution in [0.15, 0.2) is 24.3 Å². The summed E-state index contributed by atoms with van der Waals surface area (Å²) in [6, 6.07) is 7.96. The summed E-state index contributed by atoms with van der Waals surface area (Å²) in [6.45, 7) is 5.28. The quantitative estimate of drug-likeness (QED) is 0.722. The Bertz CT molecular complexity index is 580. The largest absolute Gasteiger partial charge is 0.372 e. The second-order valence-electron chi connectivity index (χ2n) is 7.18. The van der Waals surface area contributed by atoms with E-state index < -0.39 is 0 Å². The smallest absolute Gasteiger partial charge is 0.240 e. The van der Waals surface area contributed by atoms with Crippen molar-refractivity contribution in [3.8, 4) is 0 Å². The van der Waals surface area contributed by atoms with Gasteiger partial charge in [-0.3, -0.25) is 9.59 Å². The van der Waals surface area contributed by atoms with Gasteiger partial charge in [-0.2, -0.15) is 0 Å². The Kier molecular flexibility index (Phi) is 7.91. The minimum Gasteiger partial charge on any atom is -0.372 e. The zero-order chi connectivity index (χ0) is 18.9. The van der Waals surface area contributed by atoms with E-state index >= 15 is 0 Å². The first-order chi connectivity index (χ1) is 12.5. The third-order valence-electron chi connectivity index (χ3n) is 4.67. The van der Waals surface area contributed by atoms with Crippen LogP contribution in [0.3, 0.4) is 0 Å². The number of anilines is 2. The van der Waals surface area contributed by atoms with Crippen molar-refractivity contribution >= 4 is 23.2 Å². The molecular weight excluding hydrogens is 328 g/mol. The fraction of sp³-hybridized carbons (Fsp3) is 0.600. The first-order valence-electron chi connectivity index (χ1n) is 9.52. The topological polar surface area (TPSA) is 55.9 Å². The van der Waals surface area contributed by atoms with Gasteiger partial charge in [0, 0.05) is 37.9 Å². The predicted molar refractivity (Wildman–Crippen MR) is 107 cm³/mol. The van der Waals surface area contributed by atoms with E-state index in [1.165, 1.54) is 36.8 Å². The van der Waals surface area contributed by atoms with Crippen LogP contribution in [0.5, 0.6) is 0 Å². The number of hydrogen-bond acceptors (Lipinski definition) is 4. The molecule has 0 unspecified atom stereocenters. The Balaban J connectivity index is 1.91. The van der Waals surface area contributed by atoms with Crippen LogP contribution in [-0.4, -0.2) is 63.5 Å². The van der Waals surface area contributed by atoms with E-state index in [-0.39, 0.29) is 18.4 Å². The molecule has 0 saturated carbocycles. The average Bonchev–Trinajstić information content (AvgIpc) is 2.64. The van der Waals surface area contributed by atoms with Crippen molar-refractivity contribution in [3.63, 3.8) is 0 Å². The van der Waals surface area contributed by atoms with E-state index in [1.54, 1.807) is 0 Å². The van der Waals surface area contributed by atoms with Crippen LogP contribution in [0.25, 0.3) is 0 Å². The minimum atomic E-state index is -0.126. The van der Waals surface area contributed by atoms with Gasteiger partial charge in [0.15, 0.2) is 0 Å². The number of carbonyl (C=O) groups is 2. The lowest BCUT2D eigenvalue weighted by Gasteiger charge is -2.29. The Labute approximate surface area is 157 Å². The number of nitrogens with zero attached hydrogens (tertiary/aromatic N) is 3. The first kappa shape index (κ1) is 20.2. The molecule has 6 heteroatoms. The maximum atomic E-state index is 12.2.